The summed E-state index contributed by atoms with van der Waals surface area (Å²) in [5.41, 5.74) is 2.94. The van der Waals surface area contributed by atoms with Crippen LogP contribution in [-0.4, -0.2) is 22.6 Å². The van der Waals surface area contributed by atoms with Gasteiger partial charge in [0.15, 0.2) is 0 Å². The van der Waals surface area contributed by atoms with Gasteiger partial charge in [-0.2, -0.15) is 0 Å². The molecule has 6 rings (SSSR count). The molecule has 4 aromatic carbocycles. The zero-order valence-corrected chi connectivity index (χ0v) is 23.5. The molecular weight excluding hydrogens is 620 g/mol. The van der Waals surface area contributed by atoms with E-state index in [9.17, 15) is 9.59 Å². The van der Waals surface area contributed by atoms with Gasteiger partial charge in [-0.1, -0.05) is 79.6 Å². The second-order valence-electron chi connectivity index (χ2n) is 8.32. The fourth-order valence-electron chi connectivity index (χ4n) is 4.44. The first kappa shape index (κ1) is 23.9. The van der Waals surface area contributed by atoms with Gasteiger partial charge in [-0.05, 0) is 72.8 Å². The summed E-state index contributed by atoms with van der Waals surface area (Å²) in [5.74, 6) is -0.171. The Morgan fingerprint density at radius 3 is 1.31 bits per heavy atom. The molecule has 0 fully saturated rings. The van der Waals surface area contributed by atoms with Crippen LogP contribution in [0.2, 0.25) is 0 Å². The topological polar surface area (TPSA) is 40.6 Å². The minimum absolute atomic E-state index is 0.0856. The summed E-state index contributed by atoms with van der Waals surface area (Å²) in [6.45, 7) is 0. The lowest BCUT2D eigenvalue weighted by molar-refractivity contribution is 0.0963. The van der Waals surface area contributed by atoms with Crippen molar-refractivity contribution in [1.82, 2.24) is 0 Å². The van der Waals surface area contributed by atoms with Crippen LogP contribution < -0.4 is 9.80 Å². The zero-order valence-electron chi connectivity index (χ0n) is 18.7. The molecule has 0 aliphatic carbocycles. The molecule has 2 aliphatic rings. The molecule has 0 radical (unpaired) electrons. The standard InChI is InChI=1S/C28H18Br2N2O2S2/c29-19-13-9-17(10-14-19)25(33)31-21-5-1-3-7-23(21)35-27(31)28-32(22-6-2-4-8-24(22)36-28)26(34)18-11-15-20(30)16-12-18/h1-16,27-28H. The number of nitrogens with zero attached hydrogens (tertiary/aromatic N) is 2. The van der Waals surface area contributed by atoms with E-state index in [0.29, 0.717) is 11.1 Å². The van der Waals surface area contributed by atoms with E-state index in [1.165, 1.54) is 0 Å². The summed E-state index contributed by atoms with van der Waals surface area (Å²) in [6.07, 6.45) is 0. The molecule has 2 heterocycles. The number of rotatable bonds is 3. The molecule has 0 spiro atoms. The second-order valence-corrected chi connectivity index (χ2v) is 12.5. The van der Waals surface area contributed by atoms with E-state index in [4.69, 9.17) is 0 Å². The van der Waals surface area contributed by atoms with Gasteiger partial charge < -0.3 is 0 Å². The maximum atomic E-state index is 13.9. The Morgan fingerprint density at radius 1 is 0.556 bits per heavy atom. The highest BCUT2D eigenvalue weighted by Gasteiger charge is 2.47. The van der Waals surface area contributed by atoms with Crippen molar-refractivity contribution in [2.75, 3.05) is 9.80 Å². The number of carbonyl (C=O) groups excluding carboxylic acids is 2. The molecule has 0 saturated carbocycles. The normalized spacial score (nSPS) is 18.2. The number of thioether (sulfide) groups is 2. The van der Waals surface area contributed by atoms with E-state index in [2.05, 4.69) is 31.9 Å². The van der Waals surface area contributed by atoms with E-state index in [1.54, 1.807) is 23.5 Å². The molecule has 8 heteroatoms. The zero-order chi connectivity index (χ0) is 24.8. The first-order valence-corrected chi connectivity index (χ1v) is 14.6. The van der Waals surface area contributed by atoms with E-state index < -0.39 is 0 Å². The number of benzene rings is 4. The van der Waals surface area contributed by atoms with Crippen LogP contribution >= 0.6 is 55.4 Å². The number of anilines is 2. The van der Waals surface area contributed by atoms with Crippen molar-refractivity contribution in [2.45, 2.75) is 20.5 Å². The van der Waals surface area contributed by atoms with Gasteiger partial charge in [0.1, 0.15) is 10.7 Å². The van der Waals surface area contributed by atoms with Gasteiger partial charge in [-0.3, -0.25) is 19.4 Å². The molecule has 0 aromatic heterocycles. The van der Waals surface area contributed by atoms with Gasteiger partial charge >= 0.3 is 0 Å². The van der Waals surface area contributed by atoms with Crippen LogP contribution in [0.4, 0.5) is 11.4 Å². The lowest BCUT2D eigenvalue weighted by atomic mass is 10.1. The number of para-hydroxylation sites is 2. The fraction of sp³-hybridized carbons (Fsp3) is 0.0714. The van der Waals surface area contributed by atoms with Crippen LogP contribution in [0, 0.1) is 0 Å². The van der Waals surface area contributed by atoms with Crippen LogP contribution in [0.3, 0.4) is 0 Å². The van der Waals surface area contributed by atoms with Gasteiger partial charge in [0.25, 0.3) is 11.8 Å². The minimum Gasteiger partial charge on any atom is -0.291 e. The summed E-state index contributed by atoms with van der Waals surface area (Å²) in [6, 6.07) is 30.7. The molecule has 2 aliphatic heterocycles. The maximum absolute atomic E-state index is 13.9. The van der Waals surface area contributed by atoms with E-state index in [-0.39, 0.29) is 22.6 Å². The van der Waals surface area contributed by atoms with E-state index in [1.807, 2.05) is 107 Å². The van der Waals surface area contributed by atoms with Crippen molar-refractivity contribution in [3.8, 4) is 0 Å². The smallest absolute Gasteiger partial charge is 0.259 e. The van der Waals surface area contributed by atoms with Crippen LogP contribution in [0.25, 0.3) is 0 Å². The van der Waals surface area contributed by atoms with Crippen molar-refractivity contribution in [2.24, 2.45) is 0 Å². The summed E-state index contributed by atoms with van der Waals surface area (Å²) in [7, 11) is 0. The highest BCUT2D eigenvalue weighted by molar-refractivity contribution is 9.10. The molecule has 178 valence electrons. The lowest BCUT2D eigenvalue weighted by Crippen LogP contribution is -2.49. The van der Waals surface area contributed by atoms with Crippen molar-refractivity contribution in [3.63, 3.8) is 0 Å². The number of amides is 2. The van der Waals surface area contributed by atoms with Crippen LogP contribution in [-0.2, 0) is 0 Å². The Bertz CT molecular complexity index is 1360. The van der Waals surface area contributed by atoms with Gasteiger partial charge in [-0.25, -0.2) is 0 Å². The molecule has 0 saturated heterocycles. The van der Waals surface area contributed by atoms with Gasteiger partial charge in [0, 0.05) is 29.9 Å². The van der Waals surface area contributed by atoms with Crippen molar-refractivity contribution in [3.05, 3.63) is 117 Å². The molecule has 2 amide bonds. The van der Waals surface area contributed by atoms with Crippen molar-refractivity contribution in [1.29, 1.82) is 0 Å². The second kappa shape index (κ2) is 9.74. The number of hydrogen-bond acceptors (Lipinski definition) is 4. The Labute approximate surface area is 234 Å². The van der Waals surface area contributed by atoms with Gasteiger partial charge in [-0.15, -0.1) is 0 Å². The number of fused-ring (bicyclic) bond motifs is 2. The molecule has 0 N–H and O–H groups in total. The molecule has 4 nitrogen and oxygen atoms in total. The molecule has 36 heavy (non-hydrogen) atoms. The van der Waals surface area contributed by atoms with Crippen LogP contribution in [0.1, 0.15) is 20.7 Å². The van der Waals surface area contributed by atoms with Crippen molar-refractivity contribution >= 4 is 78.6 Å². The van der Waals surface area contributed by atoms with Crippen molar-refractivity contribution < 1.29 is 9.59 Å². The van der Waals surface area contributed by atoms with E-state index >= 15 is 0 Å². The van der Waals surface area contributed by atoms with Crippen LogP contribution in [0.15, 0.2) is 116 Å². The first-order chi connectivity index (χ1) is 17.5. The third kappa shape index (κ3) is 4.20. The predicted molar refractivity (Wildman–Crippen MR) is 154 cm³/mol. The number of halogens is 2. The lowest BCUT2D eigenvalue weighted by Gasteiger charge is -2.34. The minimum atomic E-state index is -0.310. The highest BCUT2D eigenvalue weighted by Crippen LogP contribution is 2.54. The molecule has 2 unspecified atom stereocenters. The Hall–Kier alpha value is -2.52. The van der Waals surface area contributed by atoms with Gasteiger partial charge in [0.2, 0.25) is 0 Å². The quantitative estimate of drug-likeness (QED) is 0.228. The average molecular weight is 638 g/mol. The van der Waals surface area contributed by atoms with Gasteiger partial charge in [0.05, 0.1) is 11.4 Å². The predicted octanol–water partition coefficient (Wildman–Crippen LogP) is 8.07. The highest BCUT2D eigenvalue weighted by atomic mass is 79.9. The number of hydrogen-bond donors (Lipinski definition) is 0. The Balaban J connectivity index is 1.44. The Morgan fingerprint density at radius 2 is 0.917 bits per heavy atom. The summed E-state index contributed by atoms with van der Waals surface area (Å²) in [5, 5.41) is -0.620. The number of carbonyl (C=O) groups is 2. The van der Waals surface area contributed by atoms with Crippen LogP contribution in [0.5, 0.6) is 0 Å². The first-order valence-electron chi connectivity index (χ1n) is 11.2. The summed E-state index contributed by atoms with van der Waals surface area (Å²) >= 11 is 10.2. The molecular formula is C28H18Br2N2O2S2. The summed E-state index contributed by atoms with van der Waals surface area (Å²) < 4.78 is 1.83. The monoisotopic (exact) mass is 636 g/mol. The molecule has 4 aromatic rings. The maximum Gasteiger partial charge on any atom is 0.259 e. The summed E-state index contributed by atoms with van der Waals surface area (Å²) in [4.78, 5) is 33.6. The molecule has 2 atom stereocenters. The average Bonchev–Trinajstić information content (AvgIpc) is 3.47. The third-order valence-corrected chi connectivity index (χ3v) is 9.97. The SMILES string of the molecule is O=C(c1ccc(Br)cc1)N1c2ccccc2SC1C1Sc2ccccc2N1C(=O)c1ccc(Br)cc1. The third-order valence-electron chi connectivity index (χ3n) is 6.12. The largest absolute Gasteiger partial charge is 0.291 e. The fourth-order valence-corrected chi connectivity index (χ4v) is 7.81. The molecule has 0 bridgehead atoms. The Kier molecular flexibility index (Phi) is 6.46. The van der Waals surface area contributed by atoms with E-state index in [0.717, 1.165) is 30.1 Å².